The molecule has 2 aromatic heterocycles. The average Bonchev–Trinajstić information content (AvgIpc) is 3.12. The Morgan fingerprint density at radius 3 is 2.82 bits per heavy atom. The lowest BCUT2D eigenvalue weighted by atomic mass is 10.1. The normalized spacial score (nSPS) is 19.2. The van der Waals surface area contributed by atoms with Crippen LogP contribution < -0.4 is 0 Å². The van der Waals surface area contributed by atoms with E-state index >= 15 is 4.39 Å². The molecule has 0 saturated carbocycles. The van der Waals surface area contributed by atoms with Gasteiger partial charge in [-0.15, -0.1) is 11.3 Å². The molecule has 0 spiro atoms. The Hall–Kier alpha value is -1.70. The topological polar surface area (TPSA) is 46.1 Å². The van der Waals surface area contributed by atoms with Gasteiger partial charge >= 0.3 is 0 Å². The smallest absolute Gasteiger partial charge is 0.140 e. The van der Waals surface area contributed by atoms with Crippen molar-refractivity contribution in [2.75, 3.05) is 19.3 Å². The molecule has 1 aromatic carbocycles. The van der Waals surface area contributed by atoms with Gasteiger partial charge in [0.2, 0.25) is 0 Å². The Morgan fingerprint density at radius 1 is 1.29 bits per heavy atom. The van der Waals surface area contributed by atoms with Gasteiger partial charge in [-0.2, -0.15) is 0 Å². The zero-order chi connectivity index (χ0) is 20.3. The van der Waals surface area contributed by atoms with Crippen LogP contribution in [0.3, 0.4) is 0 Å². The molecule has 4 rings (SSSR count). The molecule has 1 aliphatic rings. The van der Waals surface area contributed by atoms with Crippen molar-refractivity contribution in [2.45, 2.75) is 44.3 Å². The van der Waals surface area contributed by atoms with Crippen LogP contribution >= 0.6 is 11.3 Å². The van der Waals surface area contributed by atoms with Gasteiger partial charge in [0.15, 0.2) is 0 Å². The number of fused-ring (bicyclic) bond motifs is 2. The number of halogens is 1. The van der Waals surface area contributed by atoms with Crippen molar-refractivity contribution in [3.05, 3.63) is 52.8 Å². The molecule has 1 aliphatic heterocycles. The summed E-state index contributed by atoms with van der Waals surface area (Å²) in [5.41, 5.74) is 5.34. The minimum Gasteiger partial charge on any atom is -0.293 e. The number of nitrogens with zero attached hydrogens (tertiary/aromatic N) is 3. The van der Waals surface area contributed by atoms with Crippen LogP contribution in [0.5, 0.6) is 0 Å². The Bertz CT molecular complexity index is 975. The molecule has 0 bridgehead atoms. The van der Waals surface area contributed by atoms with E-state index in [1.54, 1.807) is 29.9 Å². The highest BCUT2D eigenvalue weighted by atomic mass is 32.2. The molecule has 0 saturated heterocycles. The fourth-order valence-electron chi connectivity index (χ4n) is 3.47. The number of pyridine rings is 1. The first-order valence-electron chi connectivity index (χ1n) is 9.56. The van der Waals surface area contributed by atoms with E-state index in [1.807, 2.05) is 19.4 Å². The second-order valence-corrected chi connectivity index (χ2v) is 8.90. The average molecular weight is 420 g/mol. The van der Waals surface area contributed by atoms with E-state index in [4.69, 9.17) is 0 Å². The summed E-state index contributed by atoms with van der Waals surface area (Å²) >= 11 is 1.62. The van der Waals surface area contributed by atoms with Gasteiger partial charge in [-0.05, 0) is 30.7 Å². The molecule has 4 nitrogen and oxygen atoms in total. The molecule has 3 heterocycles. The van der Waals surface area contributed by atoms with Gasteiger partial charge in [-0.3, -0.25) is 14.1 Å². The van der Waals surface area contributed by atoms with Crippen molar-refractivity contribution in [1.82, 2.24) is 14.9 Å². The minimum absolute atomic E-state index is 0.0911. The number of benzene rings is 1. The lowest BCUT2D eigenvalue weighted by molar-refractivity contribution is 0.161. The highest BCUT2D eigenvalue weighted by molar-refractivity contribution is 7.84. The molecule has 0 fully saturated rings. The number of rotatable bonds is 3. The molecule has 3 aromatic rings. The summed E-state index contributed by atoms with van der Waals surface area (Å²) in [6.07, 6.45) is 2.76. The van der Waals surface area contributed by atoms with Crippen LogP contribution in [-0.4, -0.2) is 38.4 Å². The molecule has 0 amide bonds. The predicted octanol–water partition coefficient (Wildman–Crippen LogP) is 5.08. The summed E-state index contributed by atoms with van der Waals surface area (Å²) in [6, 6.07) is 8.10. The first kappa shape index (κ1) is 21.0. The zero-order valence-corrected chi connectivity index (χ0v) is 18.3. The fraction of sp³-hybridized carbons (Fsp3) is 0.429. The highest BCUT2D eigenvalue weighted by Gasteiger charge is 2.27. The third kappa shape index (κ3) is 4.31. The molecule has 150 valence electrons. The molecule has 28 heavy (non-hydrogen) atoms. The second-order valence-electron chi connectivity index (χ2n) is 6.63. The Balaban J connectivity index is 0.00000109. The number of aromatic nitrogens is 2. The van der Waals surface area contributed by atoms with Crippen molar-refractivity contribution in [3.8, 4) is 0 Å². The molecular weight excluding hydrogens is 393 g/mol. The molecule has 3 unspecified atom stereocenters. The van der Waals surface area contributed by atoms with Crippen molar-refractivity contribution in [1.29, 1.82) is 0 Å². The standard InChI is InChI=1S/C19H20FN3OS2.C2H6/c1-12(13-3-4-19-18(7-13)22-11-25-19)23-6-5-17-15(16(20)10-23)8-14(9-21-17)26(2)24;1-2/h3-4,7-9,11-12,16H,5-6,10H2,1-2H3;1-2H3. The third-order valence-corrected chi connectivity index (χ3v) is 6.76. The summed E-state index contributed by atoms with van der Waals surface area (Å²) < 4.78 is 27.9. The van der Waals surface area contributed by atoms with E-state index in [0.29, 0.717) is 23.4 Å². The van der Waals surface area contributed by atoms with E-state index < -0.39 is 17.0 Å². The molecule has 0 aliphatic carbocycles. The van der Waals surface area contributed by atoms with Gasteiger partial charge in [-0.1, -0.05) is 19.9 Å². The predicted molar refractivity (Wildman–Crippen MR) is 115 cm³/mol. The fourth-order valence-corrected chi connectivity index (χ4v) is 4.62. The van der Waals surface area contributed by atoms with Crippen molar-refractivity contribution in [2.24, 2.45) is 0 Å². The summed E-state index contributed by atoms with van der Waals surface area (Å²) in [6.45, 7) is 7.16. The number of hydrogen-bond acceptors (Lipinski definition) is 5. The van der Waals surface area contributed by atoms with E-state index in [1.165, 1.54) is 0 Å². The van der Waals surface area contributed by atoms with Crippen LogP contribution in [0.2, 0.25) is 0 Å². The maximum Gasteiger partial charge on any atom is 0.140 e. The van der Waals surface area contributed by atoms with Crippen LogP contribution in [0.25, 0.3) is 10.2 Å². The largest absolute Gasteiger partial charge is 0.293 e. The quantitative estimate of drug-likeness (QED) is 0.594. The summed E-state index contributed by atoms with van der Waals surface area (Å²) in [5, 5.41) is 0. The molecular formula is C21H26FN3OS2. The first-order valence-corrected chi connectivity index (χ1v) is 12.0. The number of hydrogen-bond donors (Lipinski definition) is 0. The summed E-state index contributed by atoms with van der Waals surface area (Å²) in [4.78, 5) is 11.5. The Morgan fingerprint density at radius 2 is 2.07 bits per heavy atom. The molecule has 3 atom stereocenters. The first-order chi connectivity index (χ1) is 13.5. The van der Waals surface area contributed by atoms with Gasteiger partial charge in [-0.25, -0.2) is 9.37 Å². The lowest BCUT2D eigenvalue weighted by Crippen LogP contribution is -2.30. The number of alkyl halides is 1. The van der Waals surface area contributed by atoms with E-state index in [9.17, 15) is 4.21 Å². The molecule has 0 N–H and O–H groups in total. The van der Waals surface area contributed by atoms with Gasteiger partial charge in [0.25, 0.3) is 0 Å². The van der Waals surface area contributed by atoms with Gasteiger partial charge in [0.1, 0.15) is 6.17 Å². The van der Waals surface area contributed by atoms with Crippen molar-refractivity contribution < 1.29 is 8.60 Å². The van der Waals surface area contributed by atoms with E-state index in [0.717, 1.165) is 28.0 Å². The maximum absolute atomic E-state index is 15.0. The van der Waals surface area contributed by atoms with Gasteiger partial charge in [0.05, 0.1) is 31.4 Å². The highest BCUT2D eigenvalue weighted by Crippen LogP contribution is 2.32. The van der Waals surface area contributed by atoms with Crippen LogP contribution in [-0.2, 0) is 17.2 Å². The Kier molecular flexibility index (Phi) is 6.91. The van der Waals surface area contributed by atoms with E-state index in [2.05, 4.69) is 40.0 Å². The summed E-state index contributed by atoms with van der Waals surface area (Å²) in [7, 11) is -1.15. The van der Waals surface area contributed by atoms with Crippen LogP contribution in [0.15, 0.2) is 40.9 Å². The Labute approximate surface area is 172 Å². The minimum atomic E-state index is -1.15. The second kappa shape index (κ2) is 9.20. The van der Waals surface area contributed by atoms with E-state index in [-0.39, 0.29) is 6.04 Å². The number of thiazole rings is 1. The van der Waals surface area contributed by atoms with Gasteiger partial charge in [0, 0.05) is 49.3 Å². The monoisotopic (exact) mass is 419 g/mol. The third-order valence-electron chi connectivity index (χ3n) is 5.06. The SMILES string of the molecule is CC.CC(c1ccc2scnc2c1)N1CCc2ncc(S(C)=O)cc2C(F)C1. The van der Waals surface area contributed by atoms with Crippen LogP contribution in [0.1, 0.15) is 49.8 Å². The molecule has 0 radical (unpaired) electrons. The van der Waals surface area contributed by atoms with Gasteiger partial charge < -0.3 is 0 Å². The zero-order valence-electron chi connectivity index (χ0n) is 16.7. The van der Waals surface area contributed by atoms with Crippen LogP contribution in [0, 0.1) is 0 Å². The van der Waals surface area contributed by atoms with Crippen LogP contribution in [0.4, 0.5) is 4.39 Å². The summed E-state index contributed by atoms with van der Waals surface area (Å²) in [5.74, 6) is 0. The van der Waals surface area contributed by atoms with Crippen molar-refractivity contribution in [3.63, 3.8) is 0 Å². The molecule has 7 heteroatoms. The van der Waals surface area contributed by atoms with Crippen molar-refractivity contribution >= 4 is 32.4 Å². The maximum atomic E-state index is 15.0. The lowest BCUT2D eigenvalue weighted by Gasteiger charge is -2.28.